The molecule has 0 saturated carbocycles. The van der Waals surface area contributed by atoms with E-state index >= 15 is 0 Å². The number of pyridine rings is 1. The van der Waals surface area contributed by atoms with Crippen molar-refractivity contribution in [2.75, 3.05) is 24.5 Å². The lowest BCUT2D eigenvalue weighted by atomic mass is 10.0. The molecule has 0 aromatic carbocycles. The maximum Gasteiger partial charge on any atom is 0.154 e. The normalized spacial score (nSPS) is 18.5. The van der Waals surface area contributed by atoms with Crippen molar-refractivity contribution in [3.05, 3.63) is 46.9 Å². The van der Waals surface area contributed by atoms with Gasteiger partial charge in [-0.1, -0.05) is 6.07 Å². The Morgan fingerprint density at radius 2 is 2.14 bits per heavy atom. The zero-order valence-corrected chi connectivity index (χ0v) is 13.5. The largest absolute Gasteiger partial charge is 0.352 e. The van der Waals surface area contributed by atoms with E-state index in [9.17, 15) is 0 Å². The predicted octanol–water partition coefficient (Wildman–Crippen LogP) is 1.88. The zero-order chi connectivity index (χ0) is 15.5. The summed E-state index contributed by atoms with van der Waals surface area (Å²) in [6, 6.07) is 4.53. The monoisotopic (exact) mass is 297 g/mol. The molecule has 22 heavy (non-hydrogen) atoms. The van der Waals surface area contributed by atoms with Crippen LogP contribution in [-0.4, -0.2) is 40.9 Å². The summed E-state index contributed by atoms with van der Waals surface area (Å²) in [5, 5.41) is 12.5. The van der Waals surface area contributed by atoms with Crippen LogP contribution in [0.2, 0.25) is 0 Å². The fraction of sp³-hybridized carbons (Fsp3) is 0.471. The number of hydrogen-bond donors (Lipinski definition) is 1. The van der Waals surface area contributed by atoms with Crippen molar-refractivity contribution in [2.45, 2.75) is 33.2 Å². The summed E-state index contributed by atoms with van der Waals surface area (Å²) in [6.45, 7) is 9.47. The Balaban J connectivity index is 1.85. The molecule has 2 aromatic heterocycles. The molecule has 1 atom stereocenters. The van der Waals surface area contributed by atoms with Crippen LogP contribution < -0.4 is 10.2 Å². The second kappa shape index (κ2) is 6.40. The molecule has 0 amide bonds. The van der Waals surface area contributed by atoms with E-state index in [1.54, 1.807) is 6.20 Å². The third-order valence-electron chi connectivity index (χ3n) is 4.36. The van der Waals surface area contributed by atoms with Gasteiger partial charge in [0.15, 0.2) is 5.82 Å². The molecule has 1 fully saturated rings. The molecule has 3 rings (SSSR count). The van der Waals surface area contributed by atoms with Gasteiger partial charge < -0.3 is 10.2 Å². The molecule has 116 valence electrons. The summed E-state index contributed by atoms with van der Waals surface area (Å²) in [6.07, 6.45) is 4.47. The molecule has 0 aliphatic carbocycles. The van der Waals surface area contributed by atoms with Crippen LogP contribution in [0.3, 0.4) is 0 Å². The Morgan fingerprint density at radius 1 is 1.27 bits per heavy atom. The fourth-order valence-electron chi connectivity index (χ4n) is 2.93. The first kappa shape index (κ1) is 14.9. The highest BCUT2D eigenvalue weighted by molar-refractivity contribution is 5.51. The Labute approximate surface area is 131 Å². The van der Waals surface area contributed by atoms with Gasteiger partial charge in [-0.3, -0.25) is 4.98 Å². The van der Waals surface area contributed by atoms with Gasteiger partial charge in [-0.2, -0.15) is 5.10 Å². The SMILES string of the molecule is Cc1c(Cc2cccnc2)nnc(N2CCNC(C)C2)c1C. The Hall–Kier alpha value is -2.01. The lowest BCUT2D eigenvalue weighted by Gasteiger charge is -2.33. The van der Waals surface area contributed by atoms with Crippen LogP contribution in [-0.2, 0) is 6.42 Å². The highest BCUT2D eigenvalue weighted by Gasteiger charge is 2.20. The molecule has 1 unspecified atom stereocenters. The second-order valence-electron chi connectivity index (χ2n) is 6.06. The first-order valence-electron chi connectivity index (χ1n) is 7.85. The number of piperazine rings is 1. The number of anilines is 1. The van der Waals surface area contributed by atoms with Crippen LogP contribution >= 0.6 is 0 Å². The van der Waals surface area contributed by atoms with Gasteiger partial charge >= 0.3 is 0 Å². The standard InChI is InChI=1S/C17H23N5/c1-12-11-22(8-7-19-12)17-14(3)13(2)16(20-21-17)9-15-5-4-6-18-10-15/h4-6,10,12,19H,7-9,11H2,1-3H3. The molecule has 0 spiro atoms. The summed E-state index contributed by atoms with van der Waals surface area (Å²) < 4.78 is 0. The number of nitrogens with one attached hydrogen (secondary N) is 1. The highest BCUT2D eigenvalue weighted by atomic mass is 15.3. The topological polar surface area (TPSA) is 53.9 Å². The number of aromatic nitrogens is 3. The van der Waals surface area contributed by atoms with E-state index in [4.69, 9.17) is 0 Å². The minimum Gasteiger partial charge on any atom is -0.352 e. The average molecular weight is 297 g/mol. The van der Waals surface area contributed by atoms with Gasteiger partial charge in [0, 0.05) is 44.5 Å². The van der Waals surface area contributed by atoms with Crippen molar-refractivity contribution < 1.29 is 0 Å². The predicted molar refractivity (Wildman–Crippen MR) is 88.2 cm³/mol. The van der Waals surface area contributed by atoms with Crippen molar-refractivity contribution in [2.24, 2.45) is 0 Å². The molecular formula is C17H23N5. The summed E-state index contributed by atoms with van der Waals surface area (Å²) >= 11 is 0. The van der Waals surface area contributed by atoms with Gasteiger partial charge in [0.05, 0.1) is 5.69 Å². The maximum absolute atomic E-state index is 4.52. The Bertz CT molecular complexity index is 641. The van der Waals surface area contributed by atoms with E-state index in [-0.39, 0.29) is 0 Å². The lowest BCUT2D eigenvalue weighted by molar-refractivity contribution is 0.480. The van der Waals surface area contributed by atoms with Crippen molar-refractivity contribution >= 4 is 5.82 Å². The first-order valence-corrected chi connectivity index (χ1v) is 7.85. The molecule has 5 nitrogen and oxygen atoms in total. The van der Waals surface area contributed by atoms with E-state index in [0.717, 1.165) is 37.6 Å². The fourth-order valence-corrected chi connectivity index (χ4v) is 2.93. The average Bonchev–Trinajstić information content (AvgIpc) is 2.53. The second-order valence-corrected chi connectivity index (χ2v) is 6.06. The summed E-state index contributed by atoms with van der Waals surface area (Å²) in [5.74, 6) is 1.03. The molecule has 1 aliphatic heterocycles. The molecule has 3 heterocycles. The number of rotatable bonds is 3. The van der Waals surface area contributed by atoms with Gasteiger partial charge in [-0.25, -0.2) is 0 Å². The molecule has 1 saturated heterocycles. The molecular weight excluding hydrogens is 274 g/mol. The summed E-state index contributed by atoms with van der Waals surface area (Å²) in [7, 11) is 0. The van der Waals surface area contributed by atoms with E-state index < -0.39 is 0 Å². The van der Waals surface area contributed by atoms with Crippen LogP contribution in [0.5, 0.6) is 0 Å². The van der Waals surface area contributed by atoms with Crippen LogP contribution in [0.25, 0.3) is 0 Å². The Morgan fingerprint density at radius 3 is 2.86 bits per heavy atom. The highest BCUT2D eigenvalue weighted by Crippen LogP contribution is 2.23. The first-order chi connectivity index (χ1) is 10.6. The molecule has 0 radical (unpaired) electrons. The third-order valence-corrected chi connectivity index (χ3v) is 4.36. The maximum atomic E-state index is 4.52. The van der Waals surface area contributed by atoms with E-state index in [1.807, 2.05) is 12.3 Å². The minimum absolute atomic E-state index is 0.491. The quantitative estimate of drug-likeness (QED) is 0.937. The number of nitrogens with zero attached hydrogens (tertiary/aromatic N) is 4. The van der Waals surface area contributed by atoms with E-state index in [0.29, 0.717) is 6.04 Å². The Kier molecular flexibility index (Phi) is 4.34. The van der Waals surface area contributed by atoms with Gasteiger partial charge in [0.1, 0.15) is 0 Å². The molecule has 1 aliphatic rings. The van der Waals surface area contributed by atoms with Crippen LogP contribution in [0.4, 0.5) is 5.82 Å². The van der Waals surface area contributed by atoms with Gasteiger partial charge in [0.2, 0.25) is 0 Å². The van der Waals surface area contributed by atoms with Crippen molar-refractivity contribution in [3.63, 3.8) is 0 Å². The summed E-state index contributed by atoms with van der Waals surface area (Å²) in [5.41, 5.74) is 4.68. The minimum atomic E-state index is 0.491. The molecule has 0 bridgehead atoms. The van der Waals surface area contributed by atoms with Gasteiger partial charge in [-0.05, 0) is 43.5 Å². The summed E-state index contributed by atoms with van der Waals surface area (Å²) in [4.78, 5) is 6.51. The van der Waals surface area contributed by atoms with E-state index in [2.05, 4.69) is 52.2 Å². The molecule has 1 N–H and O–H groups in total. The van der Waals surface area contributed by atoms with Crippen LogP contribution in [0.15, 0.2) is 24.5 Å². The van der Waals surface area contributed by atoms with Crippen LogP contribution in [0.1, 0.15) is 29.3 Å². The number of hydrogen-bond acceptors (Lipinski definition) is 5. The van der Waals surface area contributed by atoms with Gasteiger partial charge in [-0.15, -0.1) is 5.10 Å². The smallest absolute Gasteiger partial charge is 0.154 e. The third kappa shape index (κ3) is 3.09. The molecule has 5 heteroatoms. The van der Waals surface area contributed by atoms with Crippen molar-refractivity contribution in [1.82, 2.24) is 20.5 Å². The van der Waals surface area contributed by atoms with Crippen molar-refractivity contribution in [1.29, 1.82) is 0 Å². The van der Waals surface area contributed by atoms with Crippen molar-refractivity contribution in [3.8, 4) is 0 Å². The van der Waals surface area contributed by atoms with Crippen LogP contribution in [0, 0.1) is 13.8 Å². The zero-order valence-electron chi connectivity index (χ0n) is 13.5. The lowest BCUT2D eigenvalue weighted by Crippen LogP contribution is -2.49. The van der Waals surface area contributed by atoms with Gasteiger partial charge in [0.25, 0.3) is 0 Å². The molecule has 2 aromatic rings. The van der Waals surface area contributed by atoms with E-state index in [1.165, 1.54) is 16.7 Å².